The standard InChI is InChI=1S/C17H30N2O7/c1-8-19(15(24)26-17(5,6)7)13(22)11(9-10-12(20)21)18-14(23)25-16(2,3)4/h11H,8-10H2,1-7H3,(H,18,23)(H,20,21)/t11-/m1/s1. The zero-order valence-corrected chi connectivity index (χ0v) is 16.5. The summed E-state index contributed by atoms with van der Waals surface area (Å²) in [6.45, 7) is 11.5. The van der Waals surface area contributed by atoms with Gasteiger partial charge in [0, 0.05) is 13.0 Å². The highest BCUT2D eigenvalue weighted by Crippen LogP contribution is 2.13. The lowest BCUT2D eigenvalue weighted by Crippen LogP contribution is -2.52. The van der Waals surface area contributed by atoms with Gasteiger partial charge in [0.05, 0.1) is 0 Å². The summed E-state index contributed by atoms with van der Waals surface area (Å²) in [7, 11) is 0. The van der Waals surface area contributed by atoms with Crippen molar-refractivity contribution < 1.29 is 33.8 Å². The maximum absolute atomic E-state index is 12.7. The highest BCUT2D eigenvalue weighted by Gasteiger charge is 2.33. The van der Waals surface area contributed by atoms with Gasteiger partial charge in [-0.05, 0) is 54.9 Å². The number of carbonyl (C=O) groups excluding carboxylic acids is 3. The van der Waals surface area contributed by atoms with Crippen LogP contribution in [0.2, 0.25) is 0 Å². The molecular weight excluding hydrogens is 344 g/mol. The molecule has 1 atom stereocenters. The van der Waals surface area contributed by atoms with E-state index in [0.29, 0.717) is 0 Å². The molecule has 0 aromatic rings. The van der Waals surface area contributed by atoms with Gasteiger partial charge in [0.2, 0.25) is 0 Å². The number of ether oxygens (including phenoxy) is 2. The number of hydrogen-bond donors (Lipinski definition) is 2. The molecule has 0 heterocycles. The van der Waals surface area contributed by atoms with Crippen molar-refractivity contribution in [3.05, 3.63) is 0 Å². The third-order valence-electron chi connectivity index (χ3n) is 2.83. The summed E-state index contributed by atoms with van der Waals surface area (Å²) < 4.78 is 10.3. The lowest BCUT2D eigenvalue weighted by atomic mass is 10.1. The molecule has 0 aliphatic rings. The van der Waals surface area contributed by atoms with E-state index in [1.54, 1.807) is 48.5 Å². The van der Waals surface area contributed by atoms with Crippen molar-refractivity contribution in [1.82, 2.24) is 10.2 Å². The second-order valence-electron chi connectivity index (χ2n) is 7.69. The molecule has 0 fully saturated rings. The van der Waals surface area contributed by atoms with E-state index in [1.165, 1.54) is 0 Å². The third kappa shape index (κ3) is 9.85. The molecule has 0 saturated heterocycles. The van der Waals surface area contributed by atoms with Crippen LogP contribution in [0.3, 0.4) is 0 Å². The minimum Gasteiger partial charge on any atom is -0.481 e. The number of nitrogens with zero attached hydrogens (tertiary/aromatic N) is 1. The van der Waals surface area contributed by atoms with Crippen LogP contribution in [0.25, 0.3) is 0 Å². The summed E-state index contributed by atoms with van der Waals surface area (Å²) in [6.07, 6.45) is -2.29. The fourth-order valence-corrected chi connectivity index (χ4v) is 1.86. The number of hydrogen-bond acceptors (Lipinski definition) is 6. The number of alkyl carbamates (subject to hydrolysis) is 1. The Balaban J connectivity index is 5.30. The molecule has 0 unspecified atom stereocenters. The van der Waals surface area contributed by atoms with Crippen LogP contribution < -0.4 is 5.32 Å². The lowest BCUT2D eigenvalue weighted by Gasteiger charge is -2.29. The van der Waals surface area contributed by atoms with E-state index in [0.717, 1.165) is 4.90 Å². The first-order valence-electron chi connectivity index (χ1n) is 8.42. The molecule has 150 valence electrons. The van der Waals surface area contributed by atoms with Gasteiger partial charge < -0.3 is 19.9 Å². The summed E-state index contributed by atoms with van der Waals surface area (Å²) in [5.41, 5.74) is -1.60. The SMILES string of the molecule is CCN(C(=O)OC(C)(C)C)C(=O)[C@@H](CCC(=O)O)NC(=O)OC(C)(C)C. The van der Waals surface area contributed by atoms with Crippen molar-refractivity contribution in [1.29, 1.82) is 0 Å². The molecular formula is C17H30N2O7. The minimum atomic E-state index is -1.23. The molecule has 0 bridgehead atoms. The Bertz CT molecular complexity index is 532. The van der Waals surface area contributed by atoms with Crippen molar-refractivity contribution in [3.8, 4) is 0 Å². The minimum absolute atomic E-state index is 0.00726. The smallest absolute Gasteiger partial charge is 0.417 e. The number of rotatable bonds is 6. The Morgan fingerprint density at radius 1 is 1.00 bits per heavy atom. The fraction of sp³-hybridized carbons (Fsp3) is 0.765. The summed E-state index contributed by atoms with van der Waals surface area (Å²) in [5.74, 6) is -1.89. The Kier molecular flexibility index (Phi) is 8.56. The molecule has 0 radical (unpaired) electrons. The topological polar surface area (TPSA) is 122 Å². The number of amides is 3. The molecule has 2 N–H and O–H groups in total. The molecule has 0 saturated carbocycles. The average Bonchev–Trinajstić information content (AvgIpc) is 2.39. The predicted octanol–water partition coefficient (Wildman–Crippen LogP) is 2.53. The van der Waals surface area contributed by atoms with Crippen LogP contribution in [0.4, 0.5) is 9.59 Å². The van der Waals surface area contributed by atoms with E-state index in [-0.39, 0.29) is 19.4 Å². The molecule has 0 aliphatic heterocycles. The zero-order chi connectivity index (χ0) is 20.7. The largest absolute Gasteiger partial charge is 0.481 e. The molecule has 9 heteroatoms. The summed E-state index contributed by atoms with van der Waals surface area (Å²) in [6, 6.07) is -1.23. The normalized spacial score (nSPS) is 12.7. The molecule has 0 aromatic carbocycles. The van der Waals surface area contributed by atoms with Crippen molar-refractivity contribution in [2.75, 3.05) is 6.54 Å². The lowest BCUT2D eigenvalue weighted by molar-refractivity contribution is -0.137. The van der Waals surface area contributed by atoms with Crippen molar-refractivity contribution >= 4 is 24.1 Å². The molecule has 0 rings (SSSR count). The number of likely N-dealkylation sites (N-methyl/N-ethyl adjacent to an activating group) is 1. The maximum Gasteiger partial charge on any atom is 0.417 e. The van der Waals surface area contributed by atoms with Gasteiger partial charge in [-0.25, -0.2) is 14.5 Å². The van der Waals surface area contributed by atoms with E-state index in [4.69, 9.17) is 14.6 Å². The van der Waals surface area contributed by atoms with E-state index >= 15 is 0 Å². The van der Waals surface area contributed by atoms with E-state index < -0.39 is 41.3 Å². The first-order valence-corrected chi connectivity index (χ1v) is 8.42. The predicted molar refractivity (Wildman–Crippen MR) is 93.6 cm³/mol. The highest BCUT2D eigenvalue weighted by atomic mass is 16.6. The van der Waals surface area contributed by atoms with Crippen LogP contribution in [-0.4, -0.2) is 57.9 Å². The monoisotopic (exact) mass is 374 g/mol. The Hall–Kier alpha value is -2.32. The van der Waals surface area contributed by atoms with Gasteiger partial charge in [0.15, 0.2) is 0 Å². The Labute approximate surface area is 154 Å². The first kappa shape index (κ1) is 23.7. The summed E-state index contributed by atoms with van der Waals surface area (Å²) in [4.78, 5) is 48.5. The van der Waals surface area contributed by atoms with Crippen molar-refractivity contribution in [3.63, 3.8) is 0 Å². The Morgan fingerprint density at radius 3 is 1.88 bits per heavy atom. The fourth-order valence-electron chi connectivity index (χ4n) is 1.86. The van der Waals surface area contributed by atoms with Crippen LogP contribution in [-0.2, 0) is 19.1 Å². The van der Waals surface area contributed by atoms with Gasteiger partial charge in [-0.2, -0.15) is 0 Å². The van der Waals surface area contributed by atoms with Gasteiger partial charge in [-0.15, -0.1) is 0 Å². The summed E-state index contributed by atoms with van der Waals surface area (Å²) >= 11 is 0. The van der Waals surface area contributed by atoms with Crippen molar-refractivity contribution in [2.45, 2.75) is 78.6 Å². The molecule has 9 nitrogen and oxygen atoms in total. The summed E-state index contributed by atoms with van der Waals surface area (Å²) in [5, 5.41) is 11.2. The van der Waals surface area contributed by atoms with E-state index in [1.807, 2.05) is 0 Å². The molecule has 0 spiro atoms. The van der Waals surface area contributed by atoms with Crippen LogP contribution in [0.15, 0.2) is 0 Å². The van der Waals surface area contributed by atoms with Crippen molar-refractivity contribution in [2.24, 2.45) is 0 Å². The van der Waals surface area contributed by atoms with Crippen LogP contribution in [0, 0.1) is 0 Å². The van der Waals surface area contributed by atoms with E-state index in [9.17, 15) is 19.2 Å². The second kappa shape index (κ2) is 9.40. The molecule has 0 aromatic heterocycles. The van der Waals surface area contributed by atoms with Crippen LogP contribution >= 0.6 is 0 Å². The second-order valence-corrected chi connectivity index (χ2v) is 7.69. The quantitative estimate of drug-likeness (QED) is 0.732. The Morgan fingerprint density at radius 2 is 1.50 bits per heavy atom. The van der Waals surface area contributed by atoms with Crippen LogP contribution in [0.5, 0.6) is 0 Å². The first-order chi connectivity index (χ1) is 11.7. The maximum atomic E-state index is 12.7. The molecule has 26 heavy (non-hydrogen) atoms. The number of carbonyl (C=O) groups is 4. The third-order valence-corrected chi connectivity index (χ3v) is 2.83. The molecule has 3 amide bonds. The van der Waals surface area contributed by atoms with Gasteiger partial charge in [0.25, 0.3) is 5.91 Å². The number of carboxylic acid groups (broad SMARTS) is 1. The number of aliphatic carboxylic acids is 1. The van der Waals surface area contributed by atoms with E-state index in [2.05, 4.69) is 5.32 Å². The molecule has 0 aliphatic carbocycles. The zero-order valence-electron chi connectivity index (χ0n) is 16.5. The van der Waals surface area contributed by atoms with Gasteiger partial charge in [-0.1, -0.05) is 0 Å². The van der Waals surface area contributed by atoms with Gasteiger partial charge in [-0.3, -0.25) is 9.59 Å². The van der Waals surface area contributed by atoms with Crippen LogP contribution in [0.1, 0.15) is 61.3 Å². The van der Waals surface area contributed by atoms with Gasteiger partial charge in [0.1, 0.15) is 17.2 Å². The number of carboxylic acids is 1. The number of nitrogens with one attached hydrogen (secondary N) is 1. The number of imide groups is 1. The average molecular weight is 374 g/mol. The highest BCUT2D eigenvalue weighted by molar-refractivity contribution is 5.96. The van der Waals surface area contributed by atoms with Gasteiger partial charge >= 0.3 is 18.2 Å².